The van der Waals surface area contributed by atoms with Gasteiger partial charge in [-0.3, -0.25) is 9.59 Å². The number of benzene rings is 2. The predicted molar refractivity (Wildman–Crippen MR) is 90.2 cm³/mol. The molecule has 2 rings (SSSR count). The third kappa shape index (κ3) is 4.65. The Kier molecular flexibility index (Phi) is 5.68. The second-order valence-corrected chi connectivity index (χ2v) is 5.70. The van der Waals surface area contributed by atoms with Crippen LogP contribution in [0.25, 0.3) is 0 Å². The summed E-state index contributed by atoms with van der Waals surface area (Å²) in [6, 6.07) is 11.5. The Labute approximate surface area is 140 Å². The fourth-order valence-corrected chi connectivity index (χ4v) is 2.17. The molecule has 0 heterocycles. The van der Waals surface area contributed by atoms with Gasteiger partial charge in [-0.2, -0.15) is 0 Å². The molecular weight excluding hydrogens is 309 g/mol. The lowest BCUT2D eigenvalue weighted by Crippen LogP contribution is -2.30. The quantitative estimate of drug-likeness (QED) is 0.854. The van der Waals surface area contributed by atoms with Crippen LogP contribution in [0.4, 0.5) is 10.1 Å². The first-order chi connectivity index (χ1) is 11.4. The maximum atomic E-state index is 13.5. The number of rotatable bonds is 5. The van der Waals surface area contributed by atoms with Crippen molar-refractivity contribution < 1.29 is 18.7 Å². The molecule has 2 aromatic carbocycles. The molecule has 5 heteroatoms. The van der Waals surface area contributed by atoms with Crippen molar-refractivity contribution in [1.29, 1.82) is 0 Å². The molecule has 1 N–H and O–H groups in total. The first-order valence-electron chi connectivity index (χ1n) is 7.68. The van der Waals surface area contributed by atoms with Gasteiger partial charge in [-0.25, -0.2) is 4.39 Å². The molecule has 2 aromatic rings. The van der Waals surface area contributed by atoms with Crippen molar-refractivity contribution in [3.05, 3.63) is 65.0 Å². The molecule has 0 aromatic heterocycles. The minimum absolute atomic E-state index is 0.0551. The largest absolute Gasteiger partial charge is 0.452 e. The number of nitrogens with one attached hydrogen (secondary N) is 1. The second kappa shape index (κ2) is 7.73. The van der Waals surface area contributed by atoms with Crippen molar-refractivity contribution in [2.45, 2.75) is 33.3 Å². The summed E-state index contributed by atoms with van der Waals surface area (Å²) in [6.45, 7) is 5.41. The molecule has 1 atom stereocenters. The molecular formula is C19H20FNO3. The number of hydrogen-bond donors (Lipinski definition) is 1. The SMILES string of the molecule is Cc1ccc(CC(=O)O[C@H](C)C(=O)Nc2ccccc2F)cc1C. The zero-order valence-corrected chi connectivity index (χ0v) is 13.9. The monoisotopic (exact) mass is 329 g/mol. The Hall–Kier alpha value is -2.69. The molecule has 0 aliphatic rings. The number of carbonyl (C=O) groups excluding carboxylic acids is 2. The number of esters is 1. The average Bonchev–Trinajstić information content (AvgIpc) is 2.53. The third-order valence-corrected chi connectivity index (χ3v) is 3.73. The van der Waals surface area contributed by atoms with Gasteiger partial charge in [-0.05, 0) is 49.6 Å². The van der Waals surface area contributed by atoms with E-state index in [-0.39, 0.29) is 12.1 Å². The highest BCUT2D eigenvalue weighted by molar-refractivity contribution is 5.95. The Bertz CT molecular complexity index is 758. The topological polar surface area (TPSA) is 55.4 Å². The maximum absolute atomic E-state index is 13.5. The van der Waals surface area contributed by atoms with Crippen molar-refractivity contribution in [3.8, 4) is 0 Å². The van der Waals surface area contributed by atoms with Gasteiger partial charge < -0.3 is 10.1 Å². The van der Waals surface area contributed by atoms with E-state index in [0.717, 1.165) is 16.7 Å². The summed E-state index contributed by atoms with van der Waals surface area (Å²) in [7, 11) is 0. The maximum Gasteiger partial charge on any atom is 0.311 e. The summed E-state index contributed by atoms with van der Waals surface area (Å²) >= 11 is 0. The molecule has 0 saturated carbocycles. The van der Waals surface area contributed by atoms with Gasteiger partial charge in [0, 0.05) is 0 Å². The van der Waals surface area contributed by atoms with E-state index in [0.29, 0.717) is 0 Å². The number of halogens is 1. The summed E-state index contributed by atoms with van der Waals surface area (Å²) in [5, 5.41) is 2.40. The first-order valence-corrected chi connectivity index (χ1v) is 7.68. The van der Waals surface area contributed by atoms with Crippen LogP contribution in [0.2, 0.25) is 0 Å². The van der Waals surface area contributed by atoms with Crippen LogP contribution in [0, 0.1) is 19.7 Å². The second-order valence-electron chi connectivity index (χ2n) is 5.70. The van der Waals surface area contributed by atoms with Crippen molar-refractivity contribution in [2.24, 2.45) is 0 Å². The van der Waals surface area contributed by atoms with Crippen LogP contribution in [0.3, 0.4) is 0 Å². The molecule has 24 heavy (non-hydrogen) atoms. The molecule has 0 saturated heterocycles. The highest BCUT2D eigenvalue weighted by Gasteiger charge is 2.19. The summed E-state index contributed by atoms with van der Waals surface area (Å²) < 4.78 is 18.6. The summed E-state index contributed by atoms with van der Waals surface area (Å²) in [5.74, 6) is -1.62. The predicted octanol–water partition coefficient (Wildman–Crippen LogP) is 3.56. The van der Waals surface area contributed by atoms with E-state index in [2.05, 4.69) is 5.32 Å². The van der Waals surface area contributed by atoms with Crippen LogP contribution >= 0.6 is 0 Å². The van der Waals surface area contributed by atoms with Crippen molar-refractivity contribution in [2.75, 3.05) is 5.32 Å². The van der Waals surface area contributed by atoms with Crippen LogP contribution in [0.1, 0.15) is 23.6 Å². The highest BCUT2D eigenvalue weighted by Crippen LogP contribution is 2.14. The van der Waals surface area contributed by atoms with E-state index in [1.165, 1.54) is 25.1 Å². The number of para-hydroxylation sites is 1. The standard InChI is InChI=1S/C19H20FNO3/c1-12-8-9-15(10-13(12)2)11-18(22)24-14(3)19(23)21-17-7-5-4-6-16(17)20/h4-10,14H,11H2,1-3H3,(H,21,23)/t14-/m1/s1. The molecule has 0 radical (unpaired) electrons. The molecule has 1 amide bonds. The summed E-state index contributed by atoms with van der Waals surface area (Å²) in [4.78, 5) is 24.0. The number of ether oxygens (including phenoxy) is 1. The average molecular weight is 329 g/mol. The highest BCUT2D eigenvalue weighted by atomic mass is 19.1. The van der Waals surface area contributed by atoms with Crippen LogP contribution in [0.5, 0.6) is 0 Å². The molecule has 0 bridgehead atoms. The van der Waals surface area contributed by atoms with Crippen LogP contribution in [-0.4, -0.2) is 18.0 Å². The number of hydrogen-bond acceptors (Lipinski definition) is 3. The Balaban J connectivity index is 1.92. The third-order valence-electron chi connectivity index (χ3n) is 3.73. The minimum atomic E-state index is -1.01. The van der Waals surface area contributed by atoms with Gasteiger partial charge in [0.15, 0.2) is 6.10 Å². The van der Waals surface area contributed by atoms with Gasteiger partial charge in [-0.15, -0.1) is 0 Å². The van der Waals surface area contributed by atoms with Gasteiger partial charge in [0.1, 0.15) is 5.82 Å². The molecule has 0 aliphatic carbocycles. The molecule has 4 nitrogen and oxygen atoms in total. The van der Waals surface area contributed by atoms with E-state index < -0.39 is 23.8 Å². The molecule has 0 spiro atoms. The number of aryl methyl sites for hydroxylation is 2. The van der Waals surface area contributed by atoms with Crippen LogP contribution in [-0.2, 0) is 20.7 Å². The lowest BCUT2D eigenvalue weighted by molar-refractivity contribution is -0.152. The fraction of sp³-hybridized carbons (Fsp3) is 0.263. The molecule has 0 aliphatic heterocycles. The van der Waals surface area contributed by atoms with Crippen molar-refractivity contribution in [1.82, 2.24) is 0 Å². The summed E-state index contributed by atoms with van der Waals surface area (Å²) in [6.07, 6.45) is -0.929. The van der Waals surface area contributed by atoms with Gasteiger partial charge in [0.05, 0.1) is 12.1 Å². The lowest BCUT2D eigenvalue weighted by atomic mass is 10.0. The van der Waals surface area contributed by atoms with Crippen LogP contribution < -0.4 is 5.32 Å². The van der Waals surface area contributed by atoms with Gasteiger partial charge >= 0.3 is 5.97 Å². The smallest absolute Gasteiger partial charge is 0.311 e. The minimum Gasteiger partial charge on any atom is -0.452 e. The van der Waals surface area contributed by atoms with E-state index in [4.69, 9.17) is 4.74 Å². The van der Waals surface area contributed by atoms with Crippen molar-refractivity contribution >= 4 is 17.6 Å². The number of carbonyl (C=O) groups is 2. The molecule has 0 fully saturated rings. The lowest BCUT2D eigenvalue weighted by Gasteiger charge is -2.14. The first kappa shape index (κ1) is 17.7. The van der Waals surface area contributed by atoms with E-state index in [9.17, 15) is 14.0 Å². The van der Waals surface area contributed by atoms with Gasteiger partial charge in [0.2, 0.25) is 0 Å². The summed E-state index contributed by atoms with van der Waals surface area (Å²) in [5.41, 5.74) is 3.11. The van der Waals surface area contributed by atoms with E-state index >= 15 is 0 Å². The molecule has 0 unspecified atom stereocenters. The van der Waals surface area contributed by atoms with Gasteiger partial charge in [-0.1, -0.05) is 30.3 Å². The van der Waals surface area contributed by atoms with E-state index in [1.54, 1.807) is 6.07 Å². The molecule has 126 valence electrons. The zero-order chi connectivity index (χ0) is 17.7. The Morgan fingerprint density at radius 3 is 2.50 bits per heavy atom. The fourth-order valence-electron chi connectivity index (χ4n) is 2.17. The zero-order valence-electron chi connectivity index (χ0n) is 13.9. The number of amides is 1. The van der Waals surface area contributed by atoms with E-state index in [1.807, 2.05) is 32.0 Å². The van der Waals surface area contributed by atoms with Crippen LogP contribution in [0.15, 0.2) is 42.5 Å². The van der Waals surface area contributed by atoms with Gasteiger partial charge in [0.25, 0.3) is 5.91 Å². The Morgan fingerprint density at radius 1 is 1.12 bits per heavy atom. The Morgan fingerprint density at radius 2 is 1.83 bits per heavy atom. The normalized spacial score (nSPS) is 11.7. The number of anilines is 1. The van der Waals surface area contributed by atoms with Crippen molar-refractivity contribution in [3.63, 3.8) is 0 Å².